The van der Waals surface area contributed by atoms with Crippen molar-refractivity contribution in [3.05, 3.63) is 82.4 Å². The van der Waals surface area contributed by atoms with Crippen LogP contribution in [0.25, 0.3) is 11.1 Å². The van der Waals surface area contributed by atoms with Gasteiger partial charge in [0.2, 0.25) is 5.91 Å². The Hall–Kier alpha value is -3.89. The van der Waals surface area contributed by atoms with Gasteiger partial charge in [0.15, 0.2) is 0 Å². The Morgan fingerprint density at radius 1 is 1.02 bits per heavy atom. The molecule has 40 heavy (non-hydrogen) atoms. The first kappa shape index (κ1) is 29.1. The number of hydrogen-bond acceptors (Lipinski definition) is 4. The lowest BCUT2D eigenvalue weighted by Gasteiger charge is -2.20. The quantitative estimate of drug-likeness (QED) is 0.226. The molecule has 1 heterocycles. The number of halogens is 6. The van der Waals surface area contributed by atoms with Gasteiger partial charge in [-0.3, -0.25) is 9.78 Å². The summed E-state index contributed by atoms with van der Waals surface area (Å²) in [6, 6.07) is 7.58. The van der Waals surface area contributed by atoms with Crippen LogP contribution in [0.2, 0.25) is 0 Å². The molecule has 1 aromatic heterocycles. The van der Waals surface area contributed by atoms with E-state index in [4.69, 9.17) is 4.74 Å². The van der Waals surface area contributed by atoms with E-state index in [2.05, 4.69) is 10.3 Å². The van der Waals surface area contributed by atoms with Crippen molar-refractivity contribution < 1.29 is 40.7 Å². The number of aromatic nitrogens is 1. The zero-order valence-corrected chi connectivity index (χ0v) is 21.9. The van der Waals surface area contributed by atoms with E-state index in [1.54, 1.807) is 19.9 Å². The number of benzene rings is 2. The number of ether oxygens (including phenoxy) is 1. The fraction of sp³-hybridized carbons (Fsp3) is 0.345. The van der Waals surface area contributed by atoms with E-state index >= 15 is 0 Å². The van der Waals surface area contributed by atoms with Gasteiger partial charge in [0.1, 0.15) is 11.5 Å². The summed E-state index contributed by atoms with van der Waals surface area (Å²) in [7, 11) is 0. The number of amides is 1. The number of anilines is 1. The standard InChI is InChI=1S/C29H26F6N2O3/c1-4-28(31,32)23-9-6-17(15-36-23)24-16(3)12-19(14-20(24)25(38)40-5-2)37-26(39)27(10-11-27)21-8-7-18(13-22(21)30)29(33,34)35/h6-9,12-15H,4-5,10-11H2,1-3H3,(H,37,39). The van der Waals surface area contributed by atoms with Crippen molar-refractivity contribution in [1.82, 2.24) is 4.98 Å². The van der Waals surface area contributed by atoms with Crippen LogP contribution in [0.3, 0.4) is 0 Å². The Kier molecular flexibility index (Phi) is 7.70. The fourth-order valence-electron chi connectivity index (χ4n) is 4.63. The molecule has 1 N–H and O–H groups in total. The smallest absolute Gasteiger partial charge is 0.416 e. The second-order valence-corrected chi connectivity index (χ2v) is 9.65. The normalized spacial score (nSPS) is 14.5. The molecule has 0 saturated heterocycles. The predicted octanol–water partition coefficient (Wildman–Crippen LogP) is 7.56. The largest absolute Gasteiger partial charge is 0.462 e. The van der Waals surface area contributed by atoms with Crippen molar-refractivity contribution in [2.75, 3.05) is 11.9 Å². The molecular formula is C29H26F6N2O3. The van der Waals surface area contributed by atoms with Crippen molar-refractivity contribution in [2.24, 2.45) is 0 Å². The van der Waals surface area contributed by atoms with Gasteiger partial charge >= 0.3 is 12.1 Å². The lowest BCUT2D eigenvalue weighted by Crippen LogP contribution is -2.29. The molecule has 212 valence electrons. The van der Waals surface area contributed by atoms with E-state index in [0.717, 1.165) is 12.1 Å². The van der Waals surface area contributed by atoms with Crippen molar-refractivity contribution >= 4 is 17.6 Å². The average Bonchev–Trinajstić information content (AvgIpc) is 3.70. The fourth-order valence-corrected chi connectivity index (χ4v) is 4.63. The second-order valence-electron chi connectivity index (χ2n) is 9.65. The minimum atomic E-state index is -4.73. The van der Waals surface area contributed by atoms with E-state index in [-0.39, 0.29) is 36.3 Å². The van der Waals surface area contributed by atoms with Crippen LogP contribution < -0.4 is 5.32 Å². The van der Waals surface area contributed by atoms with Crippen LogP contribution in [0.1, 0.15) is 65.9 Å². The first-order chi connectivity index (χ1) is 18.7. The molecule has 0 radical (unpaired) electrons. The molecule has 11 heteroatoms. The molecule has 4 rings (SSSR count). The molecule has 0 bridgehead atoms. The zero-order chi connectivity index (χ0) is 29.5. The number of carbonyl (C=O) groups is 2. The highest BCUT2D eigenvalue weighted by atomic mass is 19.4. The molecule has 1 fully saturated rings. The summed E-state index contributed by atoms with van der Waals surface area (Å²) in [5.41, 5.74) is -1.62. The number of pyridine rings is 1. The highest BCUT2D eigenvalue weighted by Gasteiger charge is 2.53. The van der Waals surface area contributed by atoms with Gasteiger partial charge in [-0.25, -0.2) is 9.18 Å². The number of esters is 1. The zero-order valence-electron chi connectivity index (χ0n) is 21.9. The lowest BCUT2D eigenvalue weighted by molar-refractivity contribution is -0.137. The number of nitrogens with zero attached hydrogens (tertiary/aromatic N) is 1. The molecule has 2 aromatic carbocycles. The molecule has 5 nitrogen and oxygen atoms in total. The molecular weight excluding hydrogens is 538 g/mol. The number of carbonyl (C=O) groups excluding carboxylic acids is 2. The summed E-state index contributed by atoms with van der Waals surface area (Å²) in [4.78, 5) is 30.0. The maximum absolute atomic E-state index is 14.7. The Morgan fingerprint density at radius 2 is 1.73 bits per heavy atom. The van der Waals surface area contributed by atoms with E-state index < -0.39 is 52.9 Å². The first-order valence-corrected chi connectivity index (χ1v) is 12.6. The maximum Gasteiger partial charge on any atom is 0.416 e. The minimum absolute atomic E-state index is 0.0412. The van der Waals surface area contributed by atoms with Crippen LogP contribution in [0.5, 0.6) is 0 Å². The highest BCUT2D eigenvalue weighted by molar-refractivity contribution is 6.04. The molecule has 0 atom stereocenters. The molecule has 1 aliphatic rings. The Balaban J connectivity index is 1.68. The molecule has 0 aliphatic heterocycles. The summed E-state index contributed by atoms with van der Waals surface area (Å²) in [5, 5.41) is 2.66. The third-order valence-electron chi connectivity index (χ3n) is 6.96. The molecule has 0 unspecified atom stereocenters. The molecule has 3 aromatic rings. The number of hydrogen-bond donors (Lipinski definition) is 1. The average molecular weight is 565 g/mol. The van der Waals surface area contributed by atoms with Gasteiger partial charge in [-0.05, 0) is 62.6 Å². The second kappa shape index (κ2) is 10.6. The van der Waals surface area contributed by atoms with Crippen LogP contribution in [-0.2, 0) is 27.0 Å². The van der Waals surface area contributed by atoms with Gasteiger partial charge in [0.25, 0.3) is 5.92 Å². The monoisotopic (exact) mass is 564 g/mol. The highest BCUT2D eigenvalue weighted by Crippen LogP contribution is 2.50. The summed E-state index contributed by atoms with van der Waals surface area (Å²) in [6.07, 6.45) is -3.48. The topological polar surface area (TPSA) is 68.3 Å². The number of aryl methyl sites for hydroxylation is 1. The van der Waals surface area contributed by atoms with Gasteiger partial charge in [-0.15, -0.1) is 0 Å². The summed E-state index contributed by atoms with van der Waals surface area (Å²) in [5.74, 6) is -5.61. The first-order valence-electron chi connectivity index (χ1n) is 12.6. The third kappa shape index (κ3) is 5.55. The molecule has 1 amide bonds. The molecule has 0 spiro atoms. The SMILES string of the molecule is CCOC(=O)c1cc(NC(=O)C2(c3ccc(C(F)(F)F)cc3F)CC2)cc(C)c1-c1ccc(C(F)(F)CC)nc1. The van der Waals surface area contributed by atoms with Crippen molar-refractivity contribution in [3.63, 3.8) is 0 Å². The number of rotatable bonds is 8. The van der Waals surface area contributed by atoms with Crippen LogP contribution in [-0.4, -0.2) is 23.5 Å². The third-order valence-corrected chi connectivity index (χ3v) is 6.96. The van der Waals surface area contributed by atoms with Gasteiger partial charge in [-0.1, -0.05) is 19.1 Å². The Morgan fingerprint density at radius 3 is 2.25 bits per heavy atom. The van der Waals surface area contributed by atoms with Gasteiger partial charge in [0.05, 0.1) is 23.1 Å². The number of alkyl halides is 5. The van der Waals surface area contributed by atoms with E-state index in [0.29, 0.717) is 22.8 Å². The summed E-state index contributed by atoms with van der Waals surface area (Å²) >= 11 is 0. The van der Waals surface area contributed by atoms with Crippen molar-refractivity contribution in [2.45, 2.75) is 57.5 Å². The Labute approximate surface area is 226 Å². The Bertz CT molecular complexity index is 1450. The van der Waals surface area contributed by atoms with Crippen LogP contribution in [0, 0.1) is 12.7 Å². The van der Waals surface area contributed by atoms with Crippen molar-refractivity contribution in [1.29, 1.82) is 0 Å². The van der Waals surface area contributed by atoms with E-state index in [1.807, 2.05) is 0 Å². The van der Waals surface area contributed by atoms with Crippen LogP contribution in [0.4, 0.5) is 32.0 Å². The number of nitrogens with one attached hydrogen (secondary N) is 1. The predicted molar refractivity (Wildman–Crippen MR) is 135 cm³/mol. The van der Waals surface area contributed by atoms with E-state index in [1.165, 1.54) is 31.3 Å². The van der Waals surface area contributed by atoms with Crippen LogP contribution >= 0.6 is 0 Å². The lowest BCUT2D eigenvalue weighted by atomic mass is 9.92. The van der Waals surface area contributed by atoms with Gasteiger partial charge in [0, 0.05) is 35.0 Å². The van der Waals surface area contributed by atoms with Gasteiger partial charge in [-0.2, -0.15) is 22.0 Å². The maximum atomic E-state index is 14.7. The van der Waals surface area contributed by atoms with E-state index in [9.17, 15) is 35.9 Å². The summed E-state index contributed by atoms with van der Waals surface area (Å²) in [6.45, 7) is 4.63. The summed E-state index contributed by atoms with van der Waals surface area (Å²) < 4.78 is 86.9. The molecule has 1 aliphatic carbocycles. The minimum Gasteiger partial charge on any atom is -0.462 e. The molecule has 1 saturated carbocycles. The van der Waals surface area contributed by atoms with Crippen LogP contribution in [0.15, 0.2) is 48.7 Å². The van der Waals surface area contributed by atoms with Crippen molar-refractivity contribution in [3.8, 4) is 11.1 Å². The van der Waals surface area contributed by atoms with Gasteiger partial charge < -0.3 is 10.1 Å².